The maximum atomic E-state index is 5.05. The van der Waals surface area contributed by atoms with Gasteiger partial charge in [-0.05, 0) is 65.7 Å². The highest BCUT2D eigenvalue weighted by molar-refractivity contribution is 9.10. The van der Waals surface area contributed by atoms with Gasteiger partial charge in [0.15, 0.2) is 5.82 Å². The van der Waals surface area contributed by atoms with Crippen LogP contribution in [-0.2, 0) is 0 Å². The molecule has 0 aliphatic heterocycles. The molecule has 0 fully saturated rings. The third-order valence-electron chi connectivity index (χ3n) is 6.64. The van der Waals surface area contributed by atoms with Crippen LogP contribution in [0.3, 0.4) is 0 Å². The second kappa shape index (κ2) is 9.60. The maximum Gasteiger partial charge on any atom is 0.160 e. The zero-order valence-corrected chi connectivity index (χ0v) is 22.6. The van der Waals surface area contributed by atoms with Gasteiger partial charge in [-0.2, -0.15) is 0 Å². The third kappa shape index (κ3) is 4.30. The van der Waals surface area contributed by atoms with E-state index in [9.17, 15) is 0 Å². The number of benzene rings is 4. The summed E-state index contributed by atoms with van der Waals surface area (Å²) in [5, 5.41) is 2.54. The van der Waals surface area contributed by atoms with E-state index >= 15 is 0 Å². The summed E-state index contributed by atoms with van der Waals surface area (Å²) in [6.07, 6.45) is 3.63. The van der Waals surface area contributed by atoms with E-state index in [0.717, 1.165) is 43.7 Å². The molecule has 3 nitrogen and oxygen atoms in total. The second-order valence-corrected chi connectivity index (χ2v) is 11.1. The molecular formula is C33H20BrN3S. The summed E-state index contributed by atoms with van der Waals surface area (Å²) in [5.74, 6) is 0.707. The van der Waals surface area contributed by atoms with E-state index in [2.05, 4.69) is 99.8 Å². The van der Waals surface area contributed by atoms with Crippen LogP contribution in [0.1, 0.15) is 0 Å². The van der Waals surface area contributed by atoms with Crippen LogP contribution in [0.5, 0.6) is 0 Å². The van der Waals surface area contributed by atoms with Crippen molar-refractivity contribution in [2.24, 2.45) is 0 Å². The Labute approximate surface area is 232 Å². The fraction of sp³-hybridized carbons (Fsp3) is 0. The van der Waals surface area contributed by atoms with Gasteiger partial charge in [0, 0.05) is 53.7 Å². The van der Waals surface area contributed by atoms with Crippen molar-refractivity contribution in [2.75, 3.05) is 0 Å². The summed E-state index contributed by atoms with van der Waals surface area (Å²) >= 11 is 5.55. The molecule has 3 heterocycles. The van der Waals surface area contributed by atoms with Gasteiger partial charge in [-0.25, -0.2) is 9.97 Å². The molecule has 0 spiro atoms. The first-order valence-electron chi connectivity index (χ1n) is 12.3. The molecule has 0 atom stereocenters. The molecule has 180 valence electrons. The lowest BCUT2D eigenvalue weighted by Crippen LogP contribution is -1.96. The number of nitrogens with zero attached hydrogens (tertiary/aromatic N) is 3. The smallest absolute Gasteiger partial charge is 0.160 e. The van der Waals surface area contributed by atoms with Crippen molar-refractivity contribution in [3.05, 3.63) is 126 Å². The van der Waals surface area contributed by atoms with Gasteiger partial charge in [0.05, 0.1) is 11.4 Å². The molecule has 7 rings (SSSR count). The molecule has 0 saturated heterocycles. The molecule has 0 aliphatic rings. The molecule has 3 aromatic heterocycles. The van der Waals surface area contributed by atoms with Crippen LogP contribution in [-0.4, -0.2) is 15.0 Å². The summed E-state index contributed by atoms with van der Waals surface area (Å²) < 4.78 is 3.57. The van der Waals surface area contributed by atoms with Crippen molar-refractivity contribution in [3.8, 4) is 45.0 Å². The summed E-state index contributed by atoms with van der Waals surface area (Å²) in [6, 6.07) is 37.9. The van der Waals surface area contributed by atoms with Gasteiger partial charge in [0.1, 0.15) is 0 Å². The van der Waals surface area contributed by atoms with Crippen molar-refractivity contribution in [3.63, 3.8) is 0 Å². The van der Waals surface area contributed by atoms with Gasteiger partial charge in [-0.15, -0.1) is 11.3 Å². The molecule has 0 N–H and O–H groups in total. The number of hydrogen-bond donors (Lipinski definition) is 0. The molecule has 0 amide bonds. The molecule has 38 heavy (non-hydrogen) atoms. The quantitative estimate of drug-likeness (QED) is 0.212. The summed E-state index contributed by atoms with van der Waals surface area (Å²) in [7, 11) is 0. The molecule has 0 bridgehead atoms. The zero-order chi connectivity index (χ0) is 25.5. The number of fused-ring (bicyclic) bond motifs is 3. The van der Waals surface area contributed by atoms with Crippen LogP contribution in [0.15, 0.2) is 126 Å². The monoisotopic (exact) mass is 569 g/mol. The van der Waals surface area contributed by atoms with E-state index in [1.165, 1.54) is 20.2 Å². The Hall–Kier alpha value is -4.19. The lowest BCUT2D eigenvalue weighted by molar-refractivity contribution is 1.18. The summed E-state index contributed by atoms with van der Waals surface area (Å²) in [4.78, 5) is 14.3. The molecular weight excluding hydrogens is 550 g/mol. The summed E-state index contributed by atoms with van der Waals surface area (Å²) in [6.45, 7) is 0. The predicted octanol–water partition coefficient (Wildman–Crippen LogP) is 9.67. The van der Waals surface area contributed by atoms with Gasteiger partial charge in [0.25, 0.3) is 0 Å². The Balaban J connectivity index is 1.43. The van der Waals surface area contributed by atoms with Crippen LogP contribution in [0, 0.1) is 0 Å². The molecule has 7 aromatic rings. The largest absolute Gasteiger partial charge is 0.265 e. The number of rotatable bonds is 4. The number of aromatic nitrogens is 3. The fourth-order valence-corrected chi connectivity index (χ4v) is 6.37. The highest BCUT2D eigenvalue weighted by atomic mass is 79.9. The second-order valence-electron chi connectivity index (χ2n) is 9.10. The predicted molar refractivity (Wildman–Crippen MR) is 162 cm³/mol. The highest BCUT2D eigenvalue weighted by Crippen LogP contribution is 2.37. The van der Waals surface area contributed by atoms with Crippen LogP contribution in [0.25, 0.3) is 65.2 Å². The molecule has 4 aromatic carbocycles. The first-order valence-corrected chi connectivity index (χ1v) is 13.9. The van der Waals surface area contributed by atoms with Crippen molar-refractivity contribution in [1.29, 1.82) is 0 Å². The normalized spacial score (nSPS) is 11.3. The molecule has 5 heteroatoms. The number of hydrogen-bond acceptors (Lipinski definition) is 4. The Morgan fingerprint density at radius 2 is 1.21 bits per heavy atom. The minimum absolute atomic E-state index is 0.707. The number of thiophene rings is 1. The van der Waals surface area contributed by atoms with Crippen molar-refractivity contribution in [2.45, 2.75) is 0 Å². The lowest BCUT2D eigenvalue weighted by atomic mass is 10.0. The van der Waals surface area contributed by atoms with E-state index in [4.69, 9.17) is 9.97 Å². The van der Waals surface area contributed by atoms with Gasteiger partial charge < -0.3 is 0 Å². The van der Waals surface area contributed by atoms with Crippen LogP contribution in [0.2, 0.25) is 0 Å². The Kier molecular flexibility index (Phi) is 5.80. The van der Waals surface area contributed by atoms with E-state index in [1.807, 2.05) is 54.1 Å². The topological polar surface area (TPSA) is 38.7 Å². The Morgan fingerprint density at radius 3 is 2.05 bits per heavy atom. The standard InChI is InChI=1S/C33H20BrN3S/c34-26-17-24(21-12-14-35-15-13-21)16-25(18-26)30-20-29(36-33(37-30)22-6-2-1-3-7-22)23-10-11-32-28(19-23)27-8-4-5-9-31(27)38-32/h1-20H. The number of pyridine rings is 1. The Bertz CT molecular complexity index is 1930. The van der Waals surface area contributed by atoms with Crippen molar-refractivity contribution in [1.82, 2.24) is 15.0 Å². The maximum absolute atomic E-state index is 5.05. The average molecular weight is 571 g/mol. The zero-order valence-electron chi connectivity index (χ0n) is 20.2. The first kappa shape index (κ1) is 23.0. The minimum atomic E-state index is 0.707. The SMILES string of the molecule is Brc1cc(-c2ccncc2)cc(-c2cc(-c3ccc4sc5ccccc5c4c3)nc(-c3ccccc3)n2)c1. The van der Waals surface area contributed by atoms with Crippen molar-refractivity contribution < 1.29 is 0 Å². The third-order valence-corrected chi connectivity index (χ3v) is 8.25. The highest BCUT2D eigenvalue weighted by Gasteiger charge is 2.14. The van der Waals surface area contributed by atoms with Gasteiger partial charge in [-0.3, -0.25) is 4.98 Å². The minimum Gasteiger partial charge on any atom is -0.265 e. The van der Waals surface area contributed by atoms with Gasteiger partial charge in [-0.1, -0.05) is 70.5 Å². The molecule has 0 radical (unpaired) electrons. The molecule has 0 unspecified atom stereocenters. The summed E-state index contributed by atoms with van der Waals surface area (Å²) in [5.41, 5.74) is 7.07. The van der Waals surface area contributed by atoms with E-state index in [1.54, 1.807) is 0 Å². The van der Waals surface area contributed by atoms with Gasteiger partial charge in [0.2, 0.25) is 0 Å². The van der Waals surface area contributed by atoms with E-state index in [-0.39, 0.29) is 0 Å². The van der Waals surface area contributed by atoms with Crippen LogP contribution in [0.4, 0.5) is 0 Å². The number of halogens is 1. The van der Waals surface area contributed by atoms with Crippen LogP contribution >= 0.6 is 27.3 Å². The van der Waals surface area contributed by atoms with Gasteiger partial charge >= 0.3 is 0 Å². The Morgan fingerprint density at radius 1 is 0.500 bits per heavy atom. The van der Waals surface area contributed by atoms with Crippen LogP contribution < -0.4 is 0 Å². The van der Waals surface area contributed by atoms with E-state index < -0.39 is 0 Å². The first-order chi connectivity index (χ1) is 18.7. The van der Waals surface area contributed by atoms with Crippen molar-refractivity contribution >= 4 is 47.4 Å². The van der Waals surface area contributed by atoms with E-state index in [0.29, 0.717) is 5.82 Å². The average Bonchev–Trinajstić information content (AvgIpc) is 3.35. The molecule has 0 aliphatic carbocycles. The molecule has 0 saturated carbocycles. The lowest BCUT2D eigenvalue weighted by Gasteiger charge is -2.11. The fourth-order valence-electron chi connectivity index (χ4n) is 4.79.